The second kappa shape index (κ2) is 9.15. The highest BCUT2D eigenvalue weighted by Gasteiger charge is 2.26. The largest absolute Gasteiger partial charge is 0.348 e. The van der Waals surface area contributed by atoms with E-state index in [1.54, 1.807) is 11.3 Å². The molecule has 0 spiro atoms. The van der Waals surface area contributed by atoms with Gasteiger partial charge in [-0.05, 0) is 34.9 Å². The Morgan fingerprint density at radius 2 is 1.74 bits per heavy atom. The van der Waals surface area contributed by atoms with E-state index >= 15 is 0 Å². The summed E-state index contributed by atoms with van der Waals surface area (Å²) in [5.74, 6) is -0.804. The standard InChI is InChI=1S/C21H27N3O2S/c1-15(2)12-22-20(25)21(26)23-13-18(19-8-5-11-27-19)24-10-9-16-6-3-4-7-17(16)14-24/h3-8,11,15,18H,9-10,12-14H2,1-2H3,(H,22,25)(H,23,26). The number of thiophene rings is 1. The van der Waals surface area contributed by atoms with Crippen LogP contribution in [-0.2, 0) is 22.6 Å². The monoisotopic (exact) mass is 385 g/mol. The maximum atomic E-state index is 12.2. The predicted molar refractivity (Wildman–Crippen MR) is 108 cm³/mol. The van der Waals surface area contributed by atoms with E-state index in [4.69, 9.17) is 0 Å². The van der Waals surface area contributed by atoms with Gasteiger partial charge in [0.25, 0.3) is 0 Å². The van der Waals surface area contributed by atoms with Crippen LogP contribution < -0.4 is 10.6 Å². The molecule has 6 heteroatoms. The van der Waals surface area contributed by atoms with Gasteiger partial charge < -0.3 is 10.6 Å². The maximum Gasteiger partial charge on any atom is 0.309 e. The minimum Gasteiger partial charge on any atom is -0.348 e. The highest BCUT2D eigenvalue weighted by Crippen LogP contribution is 2.29. The second-order valence-electron chi connectivity index (χ2n) is 7.33. The summed E-state index contributed by atoms with van der Waals surface area (Å²) in [6.45, 7) is 6.72. The number of carbonyl (C=O) groups excluding carboxylic acids is 2. The van der Waals surface area contributed by atoms with Gasteiger partial charge in [-0.2, -0.15) is 0 Å². The summed E-state index contributed by atoms with van der Waals surface area (Å²) in [7, 11) is 0. The van der Waals surface area contributed by atoms with Gasteiger partial charge in [-0.1, -0.05) is 44.2 Å². The topological polar surface area (TPSA) is 61.4 Å². The highest BCUT2D eigenvalue weighted by atomic mass is 32.1. The van der Waals surface area contributed by atoms with Crippen LogP contribution in [0.3, 0.4) is 0 Å². The molecule has 0 saturated carbocycles. The summed E-state index contributed by atoms with van der Waals surface area (Å²) in [5.41, 5.74) is 2.74. The molecule has 2 aromatic rings. The van der Waals surface area contributed by atoms with Crippen LogP contribution in [0.15, 0.2) is 41.8 Å². The van der Waals surface area contributed by atoms with Crippen LogP contribution in [0.1, 0.15) is 35.9 Å². The predicted octanol–water partition coefficient (Wildman–Crippen LogP) is 2.74. The molecule has 3 rings (SSSR count). The van der Waals surface area contributed by atoms with Crippen LogP contribution in [0.4, 0.5) is 0 Å². The van der Waals surface area contributed by atoms with E-state index in [1.807, 2.05) is 19.9 Å². The van der Waals surface area contributed by atoms with E-state index in [-0.39, 0.29) is 6.04 Å². The molecule has 2 N–H and O–H groups in total. The molecule has 2 amide bonds. The number of nitrogens with one attached hydrogen (secondary N) is 2. The fourth-order valence-corrected chi connectivity index (χ4v) is 4.18. The molecule has 0 bridgehead atoms. The molecule has 1 atom stereocenters. The molecule has 0 radical (unpaired) electrons. The van der Waals surface area contributed by atoms with Gasteiger partial charge in [0, 0.05) is 31.1 Å². The van der Waals surface area contributed by atoms with Crippen LogP contribution in [-0.4, -0.2) is 36.3 Å². The summed E-state index contributed by atoms with van der Waals surface area (Å²) < 4.78 is 0. The van der Waals surface area contributed by atoms with Crippen molar-refractivity contribution in [3.63, 3.8) is 0 Å². The van der Waals surface area contributed by atoms with Gasteiger partial charge in [0.15, 0.2) is 0 Å². The first-order valence-corrected chi connectivity index (χ1v) is 10.3. The van der Waals surface area contributed by atoms with Crippen molar-refractivity contribution in [2.24, 2.45) is 5.92 Å². The number of hydrogen-bond donors (Lipinski definition) is 2. The lowest BCUT2D eigenvalue weighted by Gasteiger charge is -2.35. The highest BCUT2D eigenvalue weighted by molar-refractivity contribution is 7.10. The summed E-state index contributed by atoms with van der Waals surface area (Å²) in [4.78, 5) is 27.7. The Bertz CT molecular complexity index is 773. The summed E-state index contributed by atoms with van der Waals surface area (Å²) in [5, 5.41) is 7.55. The van der Waals surface area contributed by atoms with Crippen molar-refractivity contribution in [1.82, 2.24) is 15.5 Å². The van der Waals surface area contributed by atoms with E-state index in [1.165, 1.54) is 16.0 Å². The fourth-order valence-electron chi connectivity index (χ4n) is 3.32. The Morgan fingerprint density at radius 1 is 1.04 bits per heavy atom. The third-order valence-electron chi connectivity index (χ3n) is 4.81. The zero-order valence-electron chi connectivity index (χ0n) is 15.9. The van der Waals surface area contributed by atoms with Gasteiger partial charge in [-0.15, -0.1) is 11.3 Å². The number of fused-ring (bicyclic) bond motifs is 1. The van der Waals surface area contributed by atoms with Gasteiger partial charge in [0.2, 0.25) is 0 Å². The molecule has 1 aliphatic rings. The molecule has 0 aliphatic carbocycles. The van der Waals surface area contributed by atoms with Crippen molar-refractivity contribution < 1.29 is 9.59 Å². The Hall–Kier alpha value is -2.18. The molecule has 144 valence electrons. The van der Waals surface area contributed by atoms with Crippen LogP contribution in [0.2, 0.25) is 0 Å². The van der Waals surface area contributed by atoms with Crippen LogP contribution in [0.25, 0.3) is 0 Å². The van der Waals surface area contributed by atoms with Gasteiger partial charge in [0.1, 0.15) is 0 Å². The molecule has 2 heterocycles. The lowest BCUT2D eigenvalue weighted by molar-refractivity contribution is -0.139. The normalized spacial score (nSPS) is 15.2. The van der Waals surface area contributed by atoms with Crippen molar-refractivity contribution in [2.75, 3.05) is 19.6 Å². The summed E-state index contributed by atoms with van der Waals surface area (Å²) in [6, 6.07) is 12.7. The Balaban J connectivity index is 1.65. The number of carbonyl (C=O) groups is 2. The van der Waals surface area contributed by atoms with Gasteiger partial charge in [-0.25, -0.2) is 0 Å². The van der Waals surface area contributed by atoms with Crippen molar-refractivity contribution in [3.8, 4) is 0 Å². The molecule has 1 aromatic heterocycles. The zero-order valence-corrected chi connectivity index (χ0v) is 16.7. The molecule has 0 saturated heterocycles. The number of hydrogen-bond acceptors (Lipinski definition) is 4. The molecule has 5 nitrogen and oxygen atoms in total. The Labute approximate surface area is 164 Å². The minimum atomic E-state index is -0.561. The third kappa shape index (κ3) is 5.17. The van der Waals surface area contributed by atoms with E-state index in [2.05, 4.69) is 51.2 Å². The molecule has 1 aliphatic heterocycles. The van der Waals surface area contributed by atoms with Gasteiger partial charge in [0.05, 0.1) is 6.04 Å². The van der Waals surface area contributed by atoms with Gasteiger partial charge >= 0.3 is 11.8 Å². The van der Waals surface area contributed by atoms with E-state index in [0.717, 1.165) is 19.5 Å². The smallest absolute Gasteiger partial charge is 0.309 e. The second-order valence-corrected chi connectivity index (χ2v) is 8.31. The van der Waals surface area contributed by atoms with E-state index in [9.17, 15) is 9.59 Å². The molecular weight excluding hydrogens is 358 g/mol. The van der Waals surface area contributed by atoms with E-state index in [0.29, 0.717) is 19.0 Å². The average molecular weight is 386 g/mol. The molecule has 1 unspecified atom stereocenters. The van der Waals surface area contributed by atoms with Crippen molar-refractivity contribution in [1.29, 1.82) is 0 Å². The van der Waals surface area contributed by atoms with Crippen LogP contribution in [0, 0.1) is 5.92 Å². The number of rotatable bonds is 6. The lowest BCUT2D eigenvalue weighted by Crippen LogP contribution is -2.45. The average Bonchev–Trinajstić information content (AvgIpc) is 3.20. The third-order valence-corrected chi connectivity index (χ3v) is 5.78. The Kier molecular flexibility index (Phi) is 6.63. The summed E-state index contributed by atoms with van der Waals surface area (Å²) >= 11 is 1.69. The van der Waals surface area contributed by atoms with Crippen molar-refractivity contribution in [2.45, 2.75) is 32.9 Å². The zero-order chi connectivity index (χ0) is 19.2. The molecule has 0 fully saturated rings. The molecular formula is C21H27N3O2S. The number of nitrogens with zero attached hydrogens (tertiary/aromatic N) is 1. The first-order chi connectivity index (χ1) is 13.0. The Morgan fingerprint density at radius 3 is 2.41 bits per heavy atom. The molecule has 1 aromatic carbocycles. The molecule has 27 heavy (non-hydrogen) atoms. The quantitative estimate of drug-likeness (QED) is 0.752. The van der Waals surface area contributed by atoms with Crippen molar-refractivity contribution in [3.05, 3.63) is 57.8 Å². The van der Waals surface area contributed by atoms with Gasteiger partial charge in [-0.3, -0.25) is 14.5 Å². The van der Waals surface area contributed by atoms with Crippen molar-refractivity contribution >= 4 is 23.2 Å². The van der Waals surface area contributed by atoms with E-state index < -0.39 is 11.8 Å². The number of amides is 2. The fraction of sp³-hybridized carbons (Fsp3) is 0.429. The van der Waals surface area contributed by atoms with Crippen LogP contribution >= 0.6 is 11.3 Å². The minimum absolute atomic E-state index is 0.0696. The number of benzene rings is 1. The summed E-state index contributed by atoms with van der Waals surface area (Å²) in [6.07, 6.45) is 1.00. The first kappa shape index (κ1) is 19.6. The lowest BCUT2D eigenvalue weighted by atomic mass is 9.98. The SMILES string of the molecule is CC(C)CNC(=O)C(=O)NCC(c1cccs1)N1CCc2ccccc2C1. The first-order valence-electron chi connectivity index (χ1n) is 9.45. The maximum absolute atomic E-state index is 12.2. The van der Waals surface area contributed by atoms with Crippen LogP contribution in [0.5, 0.6) is 0 Å².